The Morgan fingerprint density at radius 3 is 2.57 bits per heavy atom. The lowest BCUT2D eigenvalue weighted by Gasteiger charge is -2.28. The Labute approximate surface area is 127 Å². The average molecular weight is 290 g/mol. The first-order valence-electron chi connectivity index (χ1n) is 7.84. The van der Waals surface area contributed by atoms with Crippen LogP contribution in [-0.2, 0) is 16.0 Å². The molecule has 2 rings (SSSR count). The molecule has 1 aliphatic carbocycles. The zero-order chi connectivity index (χ0) is 15.2. The number of ether oxygens (including phenoxy) is 2. The van der Waals surface area contributed by atoms with Crippen LogP contribution in [0.5, 0.6) is 5.75 Å². The van der Waals surface area contributed by atoms with Crippen LogP contribution >= 0.6 is 0 Å². The van der Waals surface area contributed by atoms with E-state index in [2.05, 4.69) is 0 Å². The Kier molecular flexibility index (Phi) is 5.80. The summed E-state index contributed by atoms with van der Waals surface area (Å²) in [5.74, 6) is 1.34. The standard InChI is InChI=1S/C18H26O3/c1-13-9-10-17(20-2)15(11-13)12-16(19)18(21-3)14-7-5-4-6-8-14/h9-11,14,18H,4-8,12H2,1-3H3. The van der Waals surface area contributed by atoms with E-state index >= 15 is 0 Å². The summed E-state index contributed by atoms with van der Waals surface area (Å²) in [7, 11) is 3.30. The number of carbonyl (C=O) groups excluding carboxylic acids is 1. The number of ketones is 1. The Morgan fingerprint density at radius 1 is 1.24 bits per heavy atom. The molecule has 1 fully saturated rings. The highest BCUT2D eigenvalue weighted by Gasteiger charge is 2.29. The van der Waals surface area contributed by atoms with E-state index in [-0.39, 0.29) is 11.9 Å². The highest BCUT2D eigenvalue weighted by atomic mass is 16.5. The van der Waals surface area contributed by atoms with Gasteiger partial charge in [0.15, 0.2) is 5.78 Å². The molecule has 0 heterocycles. The molecular formula is C18H26O3. The minimum Gasteiger partial charge on any atom is -0.496 e. The fraction of sp³-hybridized carbons (Fsp3) is 0.611. The van der Waals surface area contributed by atoms with E-state index < -0.39 is 0 Å². The molecule has 21 heavy (non-hydrogen) atoms. The molecule has 0 amide bonds. The van der Waals surface area contributed by atoms with Gasteiger partial charge in [0.25, 0.3) is 0 Å². The van der Waals surface area contributed by atoms with Crippen LogP contribution in [0.3, 0.4) is 0 Å². The van der Waals surface area contributed by atoms with Crippen molar-refractivity contribution in [3.63, 3.8) is 0 Å². The molecule has 1 atom stereocenters. The SMILES string of the molecule is COc1ccc(C)cc1CC(=O)C(OC)C1CCCCC1. The van der Waals surface area contributed by atoms with Crippen LogP contribution < -0.4 is 4.74 Å². The first-order valence-corrected chi connectivity index (χ1v) is 7.84. The van der Waals surface area contributed by atoms with Gasteiger partial charge in [0.2, 0.25) is 0 Å². The Morgan fingerprint density at radius 2 is 1.95 bits per heavy atom. The summed E-state index contributed by atoms with van der Waals surface area (Å²) in [6, 6.07) is 5.96. The molecule has 1 aromatic rings. The monoisotopic (exact) mass is 290 g/mol. The van der Waals surface area contributed by atoms with Crippen molar-refractivity contribution in [3.8, 4) is 5.75 Å². The van der Waals surface area contributed by atoms with Crippen LogP contribution in [0.2, 0.25) is 0 Å². The molecule has 1 unspecified atom stereocenters. The van der Waals surface area contributed by atoms with E-state index in [0.717, 1.165) is 29.7 Å². The van der Waals surface area contributed by atoms with Gasteiger partial charge >= 0.3 is 0 Å². The van der Waals surface area contributed by atoms with Gasteiger partial charge in [-0.1, -0.05) is 37.0 Å². The predicted molar refractivity (Wildman–Crippen MR) is 83.8 cm³/mol. The van der Waals surface area contributed by atoms with E-state index in [0.29, 0.717) is 12.3 Å². The molecule has 0 bridgehead atoms. The van der Waals surface area contributed by atoms with Crippen molar-refractivity contribution in [3.05, 3.63) is 29.3 Å². The highest BCUT2D eigenvalue weighted by Crippen LogP contribution is 2.29. The van der Waals surface area contributed by atoms with Gasteiger partial charge in [0, 0.05) is 19.1 Å². The largest absolute Gasteiger partial charge is 0.496 e. The minimum absolute atomic E-state index is 0.174. The summed E-state index contributed by atoms with van der Waals surface area (Å²) < 4.78 is 10.9. The van der Waals surface area contributed by atoms with Crippen LogP contribution in [0.1, 0.15) is 43.2 Å². The molecule has 0 saturated heterocycles. The molecule has 0 aliphatic heterocycles. The second-order valence-corrected chi connectivity index (χ2v) is 6.01. The summed E-state index contributed by atoms with van der Waals surface area (Å²) in [5.41, 5.74) is 2.10. The number of aryl methyl sites for hydroxylation is 1. The van der Waals surface area contributed by atoms with Gasteiger partial charge in [0.05, 0.1) is 7.11 Å². The second-order valence-electron chi connectivity index (χ2n) is 6.01. The number of benzene rings is 1. The molecule has 1 aromatic carbocycles. The topological polar surface area (TPSA) is 35.5 Å². The van der Waals surface area contributed by atoms with Gasteiger partial charge in [-0.25, -0.2) is 0 Å². The normalized spacial score (nSPS) is 17.5. The summed E-state index contributed by atoms with van der Waals surface area (Å²) >= 11 is 0. The second kappa shape index (κ2) is 7.60. The van der Waals surface area contributed by atoms with Gasteiger partial charge in [-0.3, -0.25) is 4.79 Å². The number of hydrogen-bond donors (Lipinski definition) is 0. The van der Waals surface area contributed by atoms with E-state index in [9.17, 15) is 4.79 Å². The fourth-order valence-corrected chi connectivity index (χ4v) is 3.36. The number of rotatable bonds is 6. The van der Waals surface area contributed by atoms with Gasteiger partial charge in [-0.2, -0.15) is 0 Å². The maximum absolute atomic E-state index is 12.6. The molecule has 3 heteroatoms. The van der Waals surface area contributed by atoms with Crippen molar-refractivity contribution in [2.45, 2.75) is 51.6 Å². The number of methoxy groups -OCH3 is 2. The maximum atomic E-state index is 12.6. The van der Waals surface area contributed by atoms with Crippen LogP contribution in [-0.4, -0.2) is 26.1 Å². The van der Waals surface area contributed by atoms with Crippen molar-refractivity contribution in [2.75, 3.05) is 14.2 Å². The highest BCUT2D eigenvalue weighted by molar-refractivity contribution is 5.86. The maximum Gasteiger partial charge on any atom is 0.166 e. The minimum atomic E-state index is -0.268. The van der Waals surface area contributed by atoms with E-state index in [1.807, 2.05) is 25.1 Å². The van der Waals surface area contributed by atoms with Crippen LogP contribution in [0.25, 0.3) is 0 Å². The quantitative estimate of drug-likeness (QED) is 0.801. The molecule has 0 radical (unpaired) electrons. The van der Waals surface area contributed by atoms with Crippen molar-refractivity contribution < 1.29 is 14.3 Å². The lowest BCUT2D eigenvalue weighted by molar-refractivity contribution is -0.132. The average Bonchev–Trinajstić information content (AvgIpc) is 2.49. The number of Topliss-reactive ketones (excluding diaryl/α,β-unsaturated/α-hetero) is 1. The van der Waals surface area contributed by atoms with Crippen molar-refractivity contribution in [1.82, 2.24) is 0 Å². The first kappa shape index (κ1) is 16.0. The van der Waals surface area contributed by atoms with Crippen molar-refractivity contribution in [1.29, 1.82) is 0 Å². The Balaban J connectivity index is 2.10. The fourth-order valence-electron chi connectivity index (χ4n) is 3.36. The third-order valence-electron chi connectivity index (χ3n) is 4.45. The lowest BCUT2D eigenvalue weighted by Crippen LogP contribution is -2.34. The molecule has 0 aromatic heterocycles. The Bertz CT molecular complexity index is 475. The number of hydrogen-bond acceptors (Lipinski definition) is 3. The van der Waals surface area contributed by atoms with Crippen molar-refractivity contribution >= 4 is 5.78 Å². The zero-order valence-corrected chi connectivity index (χ0v) is 13.4. The summed E-state index contributed by atoms with van der Waals surface area (Å²) in [4.78, 5) is 12.6. The van der Waals surface area contributed by atoms with Gasteiger partial charge < -0.3 is 9.47 Å². The van der Waals surface area contributed by atoms with Crippen LogP contribution in [0, 0.1) is 12.8 Å². The molecular weight excluding hydrogens is 264 g/mol. The Hall–Kier alpha value is -1.35. The van der Waals surface area contributed by atoms with Gasteiger partial charge in [-0.15, -0.1) is 0 Å². The predicted octanol–water partition coefficient (Wildman–Crippen LogP) is 3.71. The third-order valence-corrected chi connectivity index (χ3v) is 4.45. The van der Waals surface area contributed by atoms with E-state index in [1.54, 1.807) is 14.2 Å². The van der Waals surface area contributed by atoms with Crippen molar-refractivity contribution in [2.24, 2.45) is 5.92 Å². The zero-order valence-electron chi connectivity index (χ0n) is 13.4. The summed E-state index contributed by atoms with van der Waals surface area (Å²) in [5, 5.41) is 0. The first-order chi connectivity index (χ1) is 10.2. The molecule has 1 aliphatic rings. The summed E-state index contributed by atoms with van der Waals surface area (Å²) in [6.07, 6.45) is 6.05. The lowest BCUT2D eigenvalue weighted by atomic mass is 9.82. The molecule has 0 spiro atoms. The van der Waals surface area contributed by atoms with E-state index in [1.165, 1.54) is 19.3 Å². The molecule has 1 saturated carbocycles. The molecule has 3 nitrogen and oxygen atoms in total. The van der Waals surface area contributed by atoms with Crippen LogP contribution in [0.15, 0.2) is 18.2 Å². The number of carbonyl (C=O) groups is 1. The third kappa shape index (κ3) is 4.07. The van der Waals surface area contributed by atoms with Crippen LogP contribution in [0.4, 0.5) is 0 Å². The van der Waals surface area contributed by atoms with Gasteiger partial charge in [-0.05, 0) is 31.7 Å². The van der Waals surface area contributed by atoms with Gasteiger partial charge in [0.1, 0.15) is 11.9 Å². The molecule has 116 valence electrons. The molecule has 0 N–H and O–H groups in total. The van der Waals surface area contributed by atoms with E-state index in [4.69, 9.17) is 9.47 Å². The smallest absolute Gasteiger partial charge is 0.166 e. The summed E-state index contributed by atoms with van der Waals surface area (Å²) in [6.45, 7) is 2.03.